The van der Waals surface area contributed by atoms with E-state index >= 15 is 0 Å². The van der Waals surface area contributed by atoms with Crippen molar-refractivity contribution in [1.29, 1.82) is 0 Å². The summed E-state index contributed by atoms with van der Waals surface area (Å²) >= 11 is 11.7. The summed E-state index contributed by atoms with van der Waals surface area (Å²) in [4.78, 5) is 7.93. The molecule has 5 heteroatoms. The second-order valence-corrected chi connectivity index (χ2v) is 3.93. The maximum absolute atomic E-state index is 5.99. The minimum absolute atomic E-state index is 0.154. The van der Waals surface area contributed by atoms with Crippen LogP contribution in [0.3, 0.4) is 0 Å². The van der Waals surface area contributed by atoms with Gasteiger partial charge in [0.15, 0.2) is 5.15 Å². The van der Waals surface area contributed by atoms with Crippen molar-refractivity contribution in [3.8, 4) is 0 Å². The van der Waals surface area contributed by atoms with Crippen LogP contribution in [0.25, 0.3) is 0 Å². The van der Waals surface area contributed by atoms with Gasteiger partial charge in [0, 0.05) is 5.69 Å². The number of anilines is 2. The molecule has 0 atom stereocenters. The fraction of sp³-hybridized carbons (Fsp3) is 0.0909. The van der Waals surface area contributed by atoms with Gasteiger partial charge in [-0.3, -0.25) is 0 Å². The van der Waals surface area contributed by atoms with Crippen molar-refractivity contribution >= 4 is 34.6 Å². The Balaban J connectivity index is 2.35. The van der Waals surface area contributed by atoms with Gasteiger partial charge in [-0.05, 0) is 30.7 Å². The van der Waals surface area contributed by atoms with E-state index in [2.05, 4.69) is 15.3 Å². The molecule has 0 unspecified atom stereocenters. The normalized spacial score (nSPS) is 10.2. The van der Waals surface area contributed by atoms with Gasteiger partial charge in [-0.25, -0.2) is 9.97 Å². The first-order chi connectivity index (χ1) is 7.66. The first-order valence-electron chi connectivity index (χ1n) is 4.68. The summed E-state index contributed by atoms with van der Waals surface area (Å²) in [5.41, 5.74) is 2.32. The summed E-state index contributed by atoms with van der Waals surface area (Å²) in [5, 5.41) is 3.63. The highest BCUT2D eigenvalue weighted by Crippen LogP contribution is 2.27. The van der Waals surface area contributed by atoms with Gasteiger partial charge in [0.1, 0.15) is 0 Å². The molecule has 16 heavy (non-hydrogen) atoms. The average molecular weight is 254 g/mol. The van der Waals surface area contributed by atoms with Crippen molar-refractivity contribution in [2.24, 2.45) is 0 Å². The van der Waals surface area contributed by atoms with Gasteiger partial charge in [0.05, 0.1) is 11.4 Å². The molecule has 2 aromatic rings. The first-order valence-corrected chi connectivity index (χ1v) is 5.44. The molecule has 1 N–H and O–H groups in total. The molecule has 0 bridgehead atoms. The molecule has 1 aromatic heterocycles. The summed E-state index contributed by atoms with van der Waals surface area (Å²) in [6, 6.07) is 9.68. The highest BCUT2D eigenvalue weighted by atomic mass is 35.5. The molecule has 0 fully saturated rings. The van der Waals surface area contributed by atoms with Crippen LogP contribution in [-0.4, -0.2) is 9.97 Å². The molecule has 1 heterocycles. The highest BCUT2D eigenvalue weighted by Gasteiger charge is 2.08. The quantitative estimate of drug-likeness (QED) is 0.653. The number of nitrogens with zero attached hydrogens (tertiary/aromatic N) is 2. The van der Waals surface area contributed by atoms with Gasteiger partial charge in [-0.15, -0.1) is 0 Å². The van der Waals surface area contributed by atoms with E-state index < -0.39 is 0 Å². The van der Waals surface area contributed by atoms with Gasteiger partial charge in [-0.1, -0.05) is 29.8 Å². The maximum atomic E-state index is 5.99. The molecule has 0 aliphatic carbocycles. The standard InChI is InChI=1S/C11H9Cl2N3/c1-7-9(10(12)16-11(13)14-7)15-8-5-3-2-4-6-8/h2-6,15H,1H3. The number of hydrogen-bond donors (Lipinski definition) is 1. The van der Waals surface area contributed by atoms with Crippen LogP contribution < -0.4 is 5.32 Å². The Kier molecular flexibility index (Phi) is 3.27. The number of para-hydroxylation sites is 1. The zero-order valence-corrected chi connectivity index (χ0v) is 10.0. The number of halogens is 2. The molecule has 3 nitrogen and oxygen atoms in total. The molecular formula is C11H9Cl2N3. The minimum Gasteiger partial charge on any atom is -0.352 e. The number of aryl methyl sites for hydroxylation is 1. The van der Waals surface area contributed by atoms with Crippen molar-refractivity contribution in [1.82, 2.24) is 9.97 Å². The van der Waals surface area contributed by atoms with Crippen LogP contribution in [0.15, 0.2) is 30.3 Å². The smallest absolute Gasteiger partial charge is 0.224 e. The predicted octanol–water partition coefficient (Wildman–Crippen LogP) is 3.84. The second kappa shape index (κ2) is 4.68. The lowest BCUT2D eigenvalue weighted by Gasteiger charge is -2.10. The van der Waals surface area contributed by atoms with Gasteiger partial charge in [-0.2, -0.15) is 0 Å². The number of hydrogen-bond acceptors (Lipinski definition) is 3. The Morgan fingerprint density at radius 1 is 1.06 bits per heavy atom. The van der Waals surface area contributed by atoms with Crippen LogP contribution in [0.2, 0.25) is 10.4 Å². The molecular weight excluding hydrogens is 245 g/mol. The van der Waals surface area contributed by atoms with Crippen LogP contribution in [0.5, 0.6) is 0 Å². The van der Waals surface area contributed by atoms with E-state index in [1.165, 1.54) is 0 Å². The lowest BCUT2D eigenvalue weighted by atomic mass is 10.3. The van der Waals surface area contributed by atoms with E-state index in [1.807, 2.05) is 37.3 Å². The third-order valence-electron chi connectivity index (χ3n) is 2.06. The molecule has 0 aliphatic heterocycles. The van der Waals surface area contributed by atoms with Crippen molar-refractivity contribution in [2.75, 3.05) is 5.32 Å². The Labute approximate surface area is 103 Å². The fourth-order valence-electron chi connectivity index (χ4n) is 1.31. The second-order valence-electron chi connectivity index (χ2n) is 3.23. The van der Waals surface area contributed by atoms with Crippen molar-refractivity contribution < 1.29 is 0 Å². The monoisotopic (exact) mass is 253 g/mol. The molecule has 0 saturated heterocycles. The fourth-order valence-corrected chi connectivity index (χ4v) is 1.83. The zero-order chi connectivity index (χ0) is 11.5. The number of nitrogens with one attached hydrogen (secondary N) is 1. The summed E-state index contributed by atoms with van der Waals surface area (Å²) in [5.74, 6) is 0. The van der Waals surface area contributed by atoms with Crippen LogP contribution in [0.4, 0.5) is 11.4 Å². The van der Waals surface area contributed by atoms with E-state index in [9.17, 15) is 0 Å². The summed E-state index contributed by atoms with van der Waals surface area (Å²) < 4.78 is 0. The van der Waals surface area contributed by atoms with E-state index in [4.69, 9.17) is 23.2 Å². The Morgan fingerprint density at radius 3 is 2.38 bits per heavy atom. The minimum atomic E-state index is 0.154. The Morgan fingerprint density at radius 2 is 1.75 bits per heavy atom. The van der Waals surface area contributed by atoms with Crippen LogP contribution in [-0.2, 0) is 0 Å². The van der Waals surface area contributed by atoms with Crippen LogP contribution in [0.1, 0.15) is 5.69 Å². The van der Waals surface area contributed by atoms with Crippen LogP contribution in [0, 0.1) is 6.92 Å². The molecule has 0 aliphatic rings. The lowest BCUT2D eigenvalue weighted by molar-refractivity contribution is 1.10. The van der Waals surface area contributed by atoms with Gasteiger partial charge in [0.2, 0.25) is 5.28 Å². The topological polar surface area (TPSA) is 37.8 Å². The Hall–Kier alpha value is -1.32. The van der Waals surface area contributed by atoms with E-state index in [1.54, 1.807) is 0 Å². The van der Waals surface area contributed by atoms with E-state index in [0.717, 1.165) is 5.69 Å². The largest absolute Gasteiger partial charge is 0.352 e. The molecule has 0 saturated carbocycles. The molecule has 0 amide bonds. The zero-order valence-electron chi connectivity index (χ0n) is 8.54. The molecule has 0 radical (unpaired) electrons. The average Bonchev–Trinajstić information content (AvgIpc) is 2.25. The predicted molar refractivity (Wildman–Crippen MR) is 66.5 cm³/mol. The van der Waals surface area contributed by atoms with E-state index in [0.29, 0.717) is 16.5 Å². The van der Waals surface area contributed by atoms with Crippen molar-refractivity contribution in [2.45, 2.75) is 6.92 Å². The lowest BCUT2D eigenvalue weighted by Crippen LogP contribution is -1.98. The summed E-state index contributed by atoms with van der Waals surface area (Å²) in [6.45, 7) is 1.82. The van der Waals surface area contributed by atoms with Crippen LogP contribution >= 0.6 is 23.2 Å². The van der Waals surface area contributed by atoms with E-state index in [-0.39, 0.29) is 5.28 Å². The maximum Gasteiger partial charge on any atom is 0.224 e. The summed E-state index contributed by atoms with van der Waals surface area (Å²) in [6.07, 6.45) is 0. The SMILES string of the molecule is Cc1nc(Cl)nc(Cl)c1Nc1ccccc1. The van der Waals surface area contributed by atoms with Gasteiger partial charge >= 0.3 is 0 Å². The molecule has 82 valence electrons. The Bertz CT molecular complexity index is 477. The number of benzene rings is 1. The summed E-state index contributed by atoms with van der Waals surface area (Å²) in [7, 11) is 0. The number of aromatic nitrogens is 2. The van der Waals surface area contributed by atoms with Crippen molar-refractivity contribution in [3.05, 3.63) is 46.5 Å². The molecule has 2 rings (SSSR count). The molecule has 1 aromatic carbocycles. The molecule has 0 spiro atoms. The van der Waals surface area contributed by atoms with Gasteiger partial charge in [0.25, 0.3) is 0 Å². The number of rotatable bonds is 2. The third kappa shape index (κ3) is 2.43. The van der Waals surface area contributed by atoms with Crippen molar-refractivity contribution in [3.63, 3.8) is 0 Å². The highest BCUT2D eigenvalue weighted by molar-refractivity contribution is 6.33. The first kappa shape index (κ1) is 11.2. The van der Waals surface area contributed by atoms with Gasteiger partial charge < -0.3 is 5.32 Å². The third-order valence-corrected chi connectivity index (χ3v) is 2.50.